The molecule has 104 valence electrons. The summed E-state index contributed by atoms with van der Waals surface area (Å²) in [5.41, 5.74) is 5.36. The standard InChI is InChI=1S/C5H5BrN2.C5H8O.2C2H6/c6-4-2-1-3-8-5(4)7;1-4-2-6-3-5(1)4;2*1-2/h1-3H,(H2,7,8);4-5H,1-3H2;2*1-2H3. The van der Waals surface area contributed by atoms with Crippen molar-refractivity contribution in [3.63, 3.8) is 0 Å². The van der Waals surface area contributed by atoms with Gasteiger partial charge in [0.05, 0.1) is 4.47 Å². The van der Waals surface area contributed by atoms with Crippen molar-refractivity contribution in [2.24, 2.45) is 11.8 Å². The van der Waals surface area contributed by atoms with Crippen LogP contribution in [-0.2, 0) is 4.74 Å². The van der Waals surface area contributed by atoms with Gasteiger partial charge in [-0.25, -0.2) is 4.98 Å². The van der Waals surface area contributed by atoms with Crippen LogP contribution in [0.1, 0.15) is 34.1 Å². The highest BCUT2D eigenvalue weighted by Gasteiger charge is 2.41. The molecule has 1 aliphatic carbocycles. The first kappa shape index (κ1) is 17.4. The lowest BCUT2D eigenvalue weighted by atomic mass is 10.4. The fourth-order valence-corrected chi connectivity index (χ4v) is 1.74. The van der Waals surface area contributed by atoms with Gasteiger partial charge in [-0.15, -0.1) is 0 Å². The van der Waals surface area contributed by atoms with E-state index >= 15 is 0 Å². The van der Waals surface area contributed by atoms with Gasteiger partial charge in [-0.2, -0.15) is 0 Å². The molecule has 3 rings (SSSR count). The van der Waals surface area contributed by atoms with Crippen LogP contribution in [0.25, 0.3) is 0 Å². The van der Waals surface area contributed by atoms with Crippen molar-refractivity contribution in [3.05, 3.63) is 22.8 Å². The molecule has 1 saturated heterocycles. The molecule has 2 aliphatic rings. The van der Waals surface area contributed by atoms with E-state index in [9.17, 15) is 0 Å². The summed E-state index contributed by atoms with van der Waals surface area (Å²) in [6.07, 6.45) is 3.11. The zero-order valence-electron chi connectivity index (χ0n) is 11.8. The smallest absolute Gasteiger partial charge is 0.137 e. The molecule has 2 heterocycles. The molecule has 0 spiro atoms. The Labute approximate surface area is 119 Å². The maximum atomic E-state index is 5.36. The van der Waals surface area contributed by atoms with Gasteiger partial charge in [0.1, 0.15) is 5.82 Å². The van der Waals surface area contributed by atoms with Crippen molar-refractivity contribution >= 4 is 21.7 Å². The highest BCUT2D eigenvalue weighted by atomic mass is 79.9. The summed E-state index contributed by atoms with van der Waals surface area (Å²) in [5.74, 6) is 2.52. The molecule has 2 N–H and O–H groups in total. The Morgan fingerprint density at radius 1 is 1.22 bits per heavy atom. The molecule has 2 atom stereocenters. The summed E-state index contributed by atoms with van der Waals surface area (Å²) in [6.45, 7) is 10.1. The number of nitrogens with zero attached hydrogens (tertiary/aromatic N) is 1. The Morgan fingerprint density at radius 3 is 2.00 bits per heavy atom. The van der Waals surface area contributed by atoms with Gasteiger partial charge < -0.3 is 10.5 Å². The Hall–Kier alpha value is -0.610. The molecule has 2 unspecified atom stereocenters. The van der Waals surface area contributed by atoms with Gasteiger partial charge in [-0.05, 0) is 46.3 Å². The minimum atomic E-state index is 0.535. The summed E-state index contributed by atoms with van der Waals surface area (Å²) in [4.78, 5) is 3.81. The number of nitrogen functional groups attached to an aromatic ring is 1. The average molecular weight is 317 g/mol. The highest BCUT2D eigenvalue weighted by Crippen LogP contribution is 2.43. The van der Waals surface area contributed by atoms with E-state index in [2.05, 4.69) is 20.9 Å². The molecule has 1 saturated carbocycles. The largest absolute Gasteiger partial charge is 0.383 e. The van der Waals surface area contributed by atoms with Crippen molar-refractivity contribution < 1.29 is 4.74 Å². The van der Waals surface area contributed by atoms with Crippen molar-refractivity contribution in [3.8, 4) is 0 Å². The van der Waals surface area contributed by atoms with Crippen LogP contribution in [0.15, 0.2) is 22.8 Å². The number of aromatic nitrogens is 1. The Morgan fingerprint density at radius 2 is 1.78 bits per heavy atom. The number of anilines is 1. The molecule has 2 fully saturated rings. The van der Waals surface area contributed by atoms with Crippen LogP contribution in [0.4, 0.5) is 5.82 Å². The molecule has 3 nitrogen and oxygen atoms in total. The van der Waals surface area contributed by atoms with Gasteiger partial charge in [0.15, 0.2) is 0 Å². The molecular formula is C14H25BrN2O. The van der Waals surface area contributed by atoms with Gasteiger partial charge in [-0.3, -0.25) is 0 Å². The van der Waals surface area contributed by atoms with E-state index < -0.39 is 0 Å². The lowest BCUT2D eigenvalue weighted by Crippen LogP contribution is -1.88. The second-order valence-corrected chi connectivity index (χ2v) is 4.52. The van der Waals surface area contributed by atoms with Crippen LogP contribution >= 0.6 is 15.9 Å². The Kier molecular flexibility index (Phi) is 9.98. The minimum Gasteiger partial charge on any atom is -0.383 e. The van der Waals surface area contributed by atoms with Crippen molar-refractivity contribution in [2.75, 3.05) is 18.9 Å². The molecule has 1 aromatic rings. The molecule has 1 aromatic heterocycles. The number of fused-ring (bicyclic) bond motifs is 1. The van der Waals surface area contributed by atoms with E-state index in [4.69, 9.17) is 10.5 Å². The second kappa shape index (κ2) is 10.3. The summed E-state index contributed by atoms with van der Waals surface area (Å²) >= 11 is 3.21. The predicted molar refractivity (Wildman–Crippen MR) is 81.5 cm³/mol. The minimum absolute atomic E-state index is 0.535. The first-order chi connectivity index (χ1) is 8.77. The van der Waals surface area contributed by atoms with Crippen LogP contribution in [-0.4, -0.2) is 18.2 Å². The van der Waals surface area contributed by atoms with Gasteiger partial charge in [0, 0.05) is 19.4 Å². The monoisotopic (exact) mass is 316 g/mol. The summed E-state index contributed by atoms with van der Waals surface area (Å²) in [7, 11) is 0. The molecule has 1 aliphatic heterocycles. The number of nitrogens with two attached hydrogens (primary N) is 1. The fraction of sp³-hybridized carbons (Fsp3) is 0.643. The SMILES string of the molecule is C1OCC2CC12.CC.CC.Nc1ncccc1Br. The van der Waals surface area contributed by atoms with E-state index in [1.165, 1.54) is 6.42 Å². The summed E-state index contributed by atoms with van der Waals surface area (Å²) in [5, 5.41) is 0. The molecular weight excluding hydrogens is 292 g/mol. The highest BCUT2D eigenvalue weighted by molar-refractivity contribution is 9.10. The van der Waals surface area contributed by atoms with Gasteiger partial charge >= 0.3 is 0 Å². The van der Waals surface area contributed by atoms with Crippen LogP contribution < -0.4 is 5.73 Å². The van der Waals surface area contributed by atoms with E-state index in [1.54, 1.807) is 6.20 Å². The first-order valence-corrected chi connectivity index (χ1v) is 7.50. The van der Waals surface area contributed by atoms with Crippen LogP contribution in [0.3, 0.4) is 0 Å². The topological polar surface area (TPSA) is 48.1 Å². The molecule has 18 heavy (non-hydrogen) atoms. The third kappa shape index (κ3) is 6.36. The predicted octanol–water partition coefficient (Wildman–Crippen LogP) is 4.13. The van der Waals surface area contributed by atoms with Crippen LogP contribution in [0.5, 0.6) is 0 Å². The van der Waals surface area contributed by atoms with E-state index in [0.717, 1.165) is 29.5 Å². The normalized spacial score (nSPS) is 22.1. The van der Waals surface area contributed by atoms with Gasteiger partial charge in [-0.1, -0.05) is 27.7 Å². The lowest BCUT2D eigenvalue weighted by Gasteiger charge is -1.90. The van der Waals surface area contributed by atoms with Crippen molar-refractivity contribution in [1.29, 1.82) is 0 Å². The maximum Gasteiger partial charge on any atom is 0.137 e. The van der Waals surface area contributed by atoms with Crippen molar-refractivity contribution in [1.82, 2.24) is 4.98 Å². The molecule has 0 aromatic carbocycles. The molecule has 4 heteroatoms. The number of pyridine rings is 1. The second-order valence-electron chi connectivity index (χ2n) is 3.66. The Balaban J connectivity index is 0.000000256. The molecule has 0 bridgehead atoms. The van der Waals surface area contributed by atoms with Gasteiger partial charge in [0.2, 0.25) is 0 Å². The fourth-order valence-electron chi connectivity index (χ4n) is 1.49. The zero-order chi connectivity index (χ0) is 14.0. The molecule has 0 amide bonds. The number of hydrogen-bond acceptors (Lipinski definition) is 3. The number of halogens is 1. The first-order valence-electron chi connectivity index (χ1n) is 6.71. The Bertz CT molecular complexity index is 291. The van der Waals surface area contributed by atoms with E-state index in [-0.39, 0.29) is 0 Å². The molecule has 0 radical (unpaired) electrons. The summed E-state index contributed by atoms with van der Waals surface area (Å²) in [6, 6.07) is 3.67. The third-order valence-corrected chi connectivity index (χ3v) is 3.19. The third-order valence-electron chi connectivity index (χ3n) is 2.52. The zero-order valence-corrected chi connectivity index (χ0v) is 13.4. The van der Waals surface area contributed by atoms with Crippen molar-refractivity contribution in [2.45, 2.75) is 34.1 Å². The average Bonchev–Trinajstić information content (AvgIpc) is 3.05. The lowest BCUT2D eigenvalue weighted by molar-refractivity contribution is 0.165. The van der Waals surface area contributed by atoms with Crippen LogP contribution in [0.2, 0.25) is 0 Å². The number of hydrogen-bond donors (Lipinski definition) is 1. The number of rotatable bonds is 0. The van der Waals surface area contributed by atoms with Gasteiger partial charge in [0.25, 0.3) is 0 Å². The van der Waals surface area contributed by atoms with Crippen LogP contribution in [0, 0.1) is 11.8 Å². The quantitative estimate of drug-likeness (QED) is 0.782. The summed E-state index contributed by atoms with van der Waals surface area (Å²) < 4.78 is 5.95. The maximum absolute atomic E-state index is 5.36. The number of ether oxygens (including phenoxy) is 1. The van der Waals surface area contributed by atoms with E-state index in [0.29, 0.717) is 5.82 Å². The van der Waals surface area contributed by atoms with E-state index in [1.807, 2.05) is 39.8 Å².